The molecule has 138 valence electrons. The smallest absolute Gasteiger partial charge is 0.243 e. The topological polar surface area (TPSA) is 40.6 Å². The fraction of sp³-hybridized carbons (Fsp3) is 0.684. The van der Waals surface area contributed by atoms with Gasteiger partial charge in [-0.15, -0.1) is 0 Å². The van der Waals surface area contributed by atoms with Gasteiger partial charge in [-0.05, 0) is 74.9 Å². The second-order valence-electron chi connectivity index (χ2n) is 7.81. The van der Waals surface area contributed by atoms with Crippen molar-refractivity contribution in [2.24, 2.45) is 11.8 Å². The summed E-state index contributed by atoms with van der Waals surface area (Å²) in [5.41, 5.74) is 0. The number of benzene rings is 1. The molecule has 0 radical (unpaired) electrons. The van der Waals surface area contributed by atoms with Gasteiger partial charge in [0, 0.05) is 19.1 Å². The van der Waals surface area contributed by atoms with E-state index < -0.39 is 15.8 Å². The molecule has 4 nitrogen and oxygen atoms in total. The van der Waals surface area contributed by atoms with Crippen LogP contribution in [0.15, 0.2) is 29.2 Å². The third-order valence-corrected chi connectivity index (χ3v) is 8.10. The fourth-order valence-electron chi connectivity index (χ4n) is 5.13. The van der Waals surface area contributed by atoms with Gasteiger partial charge in [0.1, 0.15) is 5.82 Å². The Morgan fingerprint density at radius 2 is 1.48 bits per heavy atom. The van der Waals surface area contributed by atoms with Crippen molar-refractivity contribution in [1.29, 1.82) is 0 Å². The van der Waals surface area contributed by atoms with E-state index >= 15 is 0 Å². The highest BCUT2D eigenvalue weighted by Gasteiger charge is 2.45. The average molecular weight is 367 g/mol. The minimum Gasteiger partial charge on any atom is -0.300 e. The van der Waals surface area contributed by atoms with Gasteiger partial charge in [0.15, 0.2) is 0 Å². The second-order valence-corrected chi connectivity index (χ2v) is 9.75. The van der Waals surface area contributed by atoms with Crippen LogP contribution < -0.4 is 0 Å². The highest BCUT2D eigenvalue weighted by molar-refractivity contribution is 7.89. The van der Waals surface area contributed by atoms with Gasteiger partial charge in [-0.1, -0.05) is 12.8 Å². The molecular formula is C19H27FN2O2S. The summed E-state index contributed by atoms with van der Waals surface area (Å²) < 4.78 is 40.8. The minimum absolute atomic E-state index is 0.211. The number of rotatable bonds is 3. The van der Waals surface area contributed by atoms with E-state index in [2.05, 4.69) is 4.90 Å². The van der Waals surface area contributed by atoms with Crippen LogP contribution in [0.2, 0.25) is 0 Å². The summed E-state index contributed by atoms with van der Waals surface area (Å²) in [6.45, 7) is 3.56. The lowest BCUT2D eigenvalue weighted by atomic mass is 9.73. The number of likely N-dealkylation sites (tertiary alicyclic amines) is 1. The van der Waals surface area contributed by atoms with Crippen LogP contribution in [-0.2, 0) is 10.0 Å². The summed E-state index contributed by atoms with van der Waals surface area (Å²) >= 11 is 0. The lowest BCUT2D eigenvalue weighted by molar-refractivity contribution is -0.00311. The molecule has 2 saturated heterocycles. The van der Waals surface area contributed by atoms with Crippen LogP contribution >= 0.6 is 0 Å². The maximum absolute atomic E-state index is 13.1. The highest BCUT2D eigenvalue weighted by atomic mass is 32.2. The van der Waals surface area contributed by atoms with Crippen molar-refractivity contribution in [3.63, 3.8) is 0 Å². The third kappa shape index (κ3) is 3.36. The van der Waals surface area contributed by atoms with Crippen molar-refractivity contribution in [3.8, 4) is 0 Å². The van der Waals surface area contributed by atoms with E-state index in [0.29, 0.717) is 31.0 Å². The van der Waals surface area contributed by atoms with Crippen molar-refractivity contribution in [3.05, 3.63) is 30.1 Å². The molecule has 0 N–H and O–H groups in total. The number of sulfonamides is 1. The van der Waals surface area contributed by atoms with E-state index in [1.165, 1.54) is 63.0 Å². The SMILES string of the molecule is O=S(=O)(c1ccc(F)cc1)N1CC2CCCC(C1)C2N1CCCCC1. The molecule has 3 fully saturated rings. The summed E-state index contributed by atoms with van der Waals surface area (Å²) in [6, 6.07) is 5.78. The minimum atomic E-state index is -3.53. The molecule has 1 saturated carbocycles. The van der Waals surface area contributed by atoms with E-state index in [4.69, 9.17) is 0 Å². The Bertz CT molecular complexity index is 687. The molecule has 6 heteroatoms. The fourth-order valence-corrected chi connectivity index (χ4v) is 6.68. The Balaban J connectivity index is 1.55. The molecule has 25 heavy (non-hydrogen) atoms. The molecule has 1 aromatic carbocycles. The van der Waals surface area contributed by atoms with E-state index in [9.17, 15) is 12.8 Å². The van der Waals surface area contributed by atoms with Gasteiger partial charge in [0.05, 0.1) is 4.90 Å². The molecule has 0 spiro atoms. The molecule has 2 unspecified atom stereocenters. The quantitative estimate of drug-likeness (QED) is 0.825. The van der Waals surface area contributed by atoms with E-state index in [1.807, 2.05) is 0 Å². The van der Waals surface area contributed by atoms with Crippen molar-refractivity contribution in [2.75, 3.05) is 26.2 Å². The van der Waals surface area contributed by atoms with Gasteiger partial charge >= 0.3 is 0 Å². The molecule has 2 atom stereocenters. The monoisotopic (exact) mass is 366 g/mol. The molecule has 2 bridgehead atoms. The van der Waals surface area contributed by atoms with Gasteiger partial charge in [-0.3, -0.25) is 4.90 Å². The summed E-state index contributed by atoms with van der Waals surface area (Å²) in [5, 5.41) is 0. The highest BCUT2D eigenvalue weighted by Crippen LogP contribution is 2.40. The summed E-state index contributed by atoms with van der Waals surface area (Å²) in [6.07, 6.45) is 7.31. The van der Waals surface area contributed by atoms with Gasteiger partial charge in [0.25, 0.3) is 0 Å². The van der Waals surface area contributed by atoms with Crippen molar-refractivity contribution >= 4 is 10.0 Å². The van der Waals surface area contributed by atoms with E-state index in [1.54, 1.807) is 4.31 Å². The molecule has 0 aromatic heterocycles. The second kappa shape index (κ2) is 6.97. The number of piperidine rings is 2. The first kappa shape index (κ1) is 17.4. The third-order valence-electron chi connectivity index (χ3n) is 6.26. The molecule has 3 aliphatic rings. The maximum Gasteiger partial charge on any atom is 0.243 e. The Kier molecular flexibility index (Phi) is 4.86. The van der Waals surface area contributed by atoms with Gasteiger partial charge in [-0.2, -0.15) is 4.31 Å². The van der Waals surface area contributed by atoms with Crippen molar-refractivity contribution < 1.29 is 12.8 Å². The molecule has 1 aromatic rings. The Morgan fingerprint density at radius 3 is 2.08 bits per heavy atom. The first-order chi connectivity index (χ1) is 12.1. The van der Waals surface area contributed by atoms with Crippen LogP contribution in [0.3, 0.4) is 0 Å². The maximum atomic E-state index is 13.1. The standard InChI is InChI=1S/C19H27FN2O2S/c20-17-7-9-18(10-8-17)25(23,24)22-13-15-5-4-6-16(14-22)19(15)21-11-2-1-3-12-21/h7-10,15-16,19H,1-6,11-14H2. The first-order valence-electron chi connectivity index (χ1n) is 9.55. The lowest BCUT2D eigenvalue weighted by Crippen LogP contribution is -2.59. The predicted octanol–water partition coefficient (Wildman–Crippen LogP) is 3.10. The average Bonchev–Trinajstić information content (AvgIpc) is 2.61. The zero-order valence-corrected chi connectivity index (χ0v) is 15.4. The van der Waals surface area contributed by atoms with E-state index in [0.717, 1.165) is 12.8 Å². The van der Waals surface area contributed by atoms with Gasteiger partial charge in [0.2, 0.25) is 10.0 Å². The summed E-state index contributed by atoms with van der Waals surface area (Å²) in [4.78, 5) is 2.85. The number of hydrogen-bond acceptors (Lipinski definition) is 3. The zero-order valence-electron chi connectivity index (χ0n) is 14.6. The number of nitrogens with zero attached hydrogens (tertiary/aromatic N) is 2. The van der Waals surface area contributed by atoms with Crippen LogP contribution in [0.1, 0.15) is 38.5 Å². The van der Waals surface area contributed by atoms with Gasteiger partial charge in [-0.25, -0.2) is 12.8 Å². The Labute approximate surface area is 150 Å². The van der Waals surface area contributed by atoms with Crippen LogP contribution in [0.4, 0.5) is 4.39 Å². The Hall–Kier alpha value is -0.980. The number of fused-ring (bicyclic) bond motifs is 2. The van der Waals surface area contributed by atoms with Gasteiger partial charge < -0.3 is 0 Å². The summed E-state index contributed by atoms with van der Waals surface area (Å²) in [5.74, 6) is 0.460. The number of hydrogen-bond donors (Lipinski definition) is 0. The van der Waals surface area contributed by atoms with Crippen LogP contribution in [0.25, 0.3) is 0 Å². The molecule has 2 heterocycles. The molecule has 4 rings (SSSR count). The van der Waals surface area contributed by atoms with Crippen LogP contribution in [-0.4, -0.2) is 49.8 Å². The molecule has 2 aliphatic heterocycles. The molecule has 1 aliphatic carbocycles. The van der Waals surface area contributed by atoms with Crippen molar-refractivity contribution in [1.82, 2.24) is 9.21 Å². The largest absolute Gasteiger partial charge is 0.300 e. The normalized spacial score (nSPS) is 31.8. The predicted molar refractivity (Wildman–Crippen MR) is 95.2 cm³/mol. The Morgan fingerprint density at radius 1 is 0.880 bits per heavy atom. The lowest BCUT2D eigenvalue weighted by Gasteiger charge is -2.52. The van der Waals surface area contributed by atoms with E-state index in [-0.39, 0.29) is 4.90 Å². The van der Waals surface area contributed by atoms with Crippen LogP contribution in [0.5, 0.6) is 0 Å². The zero-order chi connectivity index (χ0) is 17.4. The molecule has 0 amide bonds. The number of halogens is 1. The first-order valence-corrected chi connectivity index (χ1v) is 11.0. The van der Waals surface area contributed by atoms with Crippen LogP contribution in [0, 0.1) is 17.7 Å². The summed E-state index contributed by atoms with van der Waals surface area (Å²) in [7, 11) is -3.53. The molecular weight excluding hydrogens is 339 g/mol. The van der Waals surface area contributed by atoms with Crippen molar-refractivity contribution in [2.45, 2.75) is 49.5 Å².